The molecule has 0 fully saturated rings. The summed E-state index contributed by atoms with van der Waals surface area (Å²) in [6.45, 7) is 3.68. The second-order valence-electron chi connectivity index (χ2n) is 6.64. The van der Waals surface area contributed by atoms with Gasteiger partial charge in [-0.25, -0.2) is 5.43 Å². The Balaban J connectivity index is 1.55. The van der Waals surface area contributed by atoms with Gasteiger partial charge in [0.1, 0.15) is 0 Å². The van der Waals surface area contributed by atoms with E-state index in [1.807, 2.05) is 86.6 Å². The van der Waals surface area contributed by atoms with Gasteiger partial charge in [0, 0.05) is 16.1 Å². The minimum absolute atomic E-state index is 0.157. The Bertz CT molecular complexity index is 1020. The molecule has 3 aromatic rings. The molecule has 0 bridgehead atoms. The van der Waals surface area contributed by atoms with Crippen LogP contribution in [0.25, 0.3) is 0 Å². The maximum absolute atomic E-state index is 12.3. The van der Waals surface area contributed by atoms with Gasteiger partial charge in [-0.15, -0.1) is 11.8 Å². The molecule has 6 heteroatoms. The molecule has 5 nitrogen and oxygen atoms in total. The first-order valence-corrected chi connectivity index (χ1v) is 10.4. The summed E-state index contributed by atoms with van der Waals surface area (Å²) < 4.78 is 0. The quantitative estimate of drug-likeness (QED) is 0.324. The molecule has 0 heterocycles. The van der Waals surface area contributed by atoms with E-state index >= 15 is 0 Å². The number of nitrogens with zero attached hydrogens (tertiary/aromatic N) is 1. The largest absolute Gasteiger partial charge is 0.322 e. The van der Waals surface area contributed by atoms with Crippen LogP contribution in [0.3, 0.4) is 0 Å². The van der Waals surface area contributed by atoms with Crippen molar-refractivity contribution in [1.29, 1.82) is 0 Å². The van der Waals surface area contributed by atoms with Crippen molar-refractivity contribution in [2.45, 2.75) is 24.0 Å². The third kappa shape index (κ3) is 6.06. The Morgan fingerprint density at radius 2 is 1.43 bits per heavy atom. The molecule has 0 unspecified atom stereocenters. The second-order valence-corrected chi connectivity index (χ2v) is 8.06. The third-order valence-corrected chi connectivity index (χ3v) is 5.47. The van der Waals surface area contributed by atoms with Crippen LogP contribution in [0.2, 0.25) is 0 Å². The molecule has 3 aromatic carbocycles. The smallest absolute Gasteiger partial charge is 0.255 e. The number of anilines is 1. The fourth-order valence-corrected chi connectivity index (χ4v) is 3.52. The number of nitrogens with one attached hydrogen (secondary N) is 2. The zero-order valence-corrected chi connectivity index (χ0v) is 17.6. The molecule has 152 valence electrons. The van der Waals surface area contributed by atoms with Gasteiger partial charge in [0.05, 0.1) is 11.0 Å². The molecule has 0 radical (unpaired) electrons. The molecule has 0 spiro atoms. The van der Waals surface area contributed by atoms with Gasteiger partial charge in [0.25, 0.3) is 11.8 Å². The van der Waals surface area contributed by atoms with Crippen LogP contribution in [0.15, 0.2) is 94.9 Å². The lowest BCUT2D eigenvalue weighted by molar-refractivity contribution is -0.120. The Morgan fingerprint density at radius 1 is 0.833 bits per heavy atom. The van der Waals surface area contributed by atoms with Crippen LogP contribution in [-0.2, 0) is 4.79 Å². The Hall–Kier alpha value is -3.38. The molecular formula is C24H23N3O2S. The average Bonchev–Trinajstić information content (AvgIpc) is 2.79. The van der Waals surface area contributed by atoms with E-state index in [-0.39, 0.29) is 17.1 Å². The summed E-state index contributed by atoms with van der Waals surface area (Å²) >= 11 is 1.48. The van der Waals surface area contributed by atoms with Gasteiger partial charge in [-0.1, -0.05) is 48.5 Å². The predicted molar refractivity (Wildman–Crippen MR) is 123 cm³/mol. The van der Waals surface area contributed by atoms with Crippen molar-refractivity contribution in [2.24, 2.45) is 5.10 Å². The average molecular weight is 418 g/mol. The van der Waals surface area contributed by atoms with Crippen LogP contribution >= 0.6 is 11.8 Å². The van der Waals surface area contributed by atoms with Gasteiger partial charge in [0.15, 0.2) is 0 Å². The van der Waals surface area contributed by atoms with E-state index in [0.29, 0.717) is 17.0 Å². The molecule has 0 aromatic heterocycles. The highest BCUT2D eigenvalue weighted by molar-refractivity contribution is 8.00. The predicted octanol–water partition coefficient (Wildman–Crippen LogP) is 4.96. The lowest BCUT2D eigenvalue weighted by Crippen LogP contribution is -2.27. The van der Waals surface area contributed by atoms with Crippen molar-refractivity contribution >= 4 is 35.0 Å². The third-order valence-electron chi connectivity index (χ3n) is 4.36. The first-order chi connectivity index (χ1) is 14.5. The highest BCUT2D eigenvalue weighted by atomic mass is 32.2. The number of hydrazone groups is 1. The number of hydrogen-bond acceptors (Lipinski definition) is 4. The number of hydrogen-bond donors (Lipinski definition) is 2. The molecule has 0 saturated heterocycles. The summed E-state index contributed by atoms with van der Waals surface area (Å²) in [5, 5.41) is 6.81. The highest BCUT2D eigenvalue weighted by Gasteiger charge is 2.14. The minimum atomic E-state index is -0.264. The van der Waals surface area contributed by atoms with Gasteiger partial charge in [0.2, 0.25) is 0 Å². The van der Waals surface area contributed by atoms with E-state index in [0.717, 1.165) is 10.5 Å². The number of carbonyl (C=O) groups is 2. The summed E-state index contributed by atoms with van der Waals surface area (Å²) in [5.74, 6) is -0.319. The van der Waals surface area contributed by atoms with Crippen LogP contribution in [0.1, 0.15) is 29.8 Å². The number of benzene rings is 3. The van der Waals surface area contributed by atoms with E-state index in [4.69, 9.17) is 0 Å². The van der Waals surface area contributed by atoms with E-state index < -0.39 is 0 Å². The Morgan fingerprint density at radius 3 is 2.07 bits per heavy atom. The van der Waals surface area contributed by atoms with Crippen LogP contribution < -0.4 is 10.7 Å². The number of amides is 2. The fraction of sp³-hybridized carbons (Fsp3) is 0.125. The first-order valence-electron chi connectivity index (χ1n) is 9.55. The fourth-order valence-electron chi connectivity index (χ4n) is 2.64. The number of carbonyl (C=O) groups excluding carboxylic acids is 2. The van der Waals surface area contributed by atoms with Crippen LogP contribution in [0, 0.1) is 0 Å². The van der Waals surface area contributed by atoms with Gasteiger partial charge in [-0.05, 0) is 55.8 Å². The second kappa shape index (κ2) is 10.4. The first kappa shape index (κ1) is 21.3. The monoisotopic (exact) mass is 417 g/mol. The summed E-state index contributed by atoms with van der Waals surface area (Å²) in [4.78, 5) is 25.6. The molecule has 0 aliphatic heterocycles. The molecule has 0 saturated carbocycles. The maximum atomic E-state index is 12.3. The maximum Gasteiger partial charge on any atom is 0.255 e. The summed E-state index contributed by atoms with van der Waals surface area (Å²) in [5.41, 5.74) is 5.46. The minimum Gasteiger partial charge on any atom is -0.322 e. The summed E-state index contributed by atoms with van der Waals surface area (Å²) in [7, 11) is 0. The van der Waals surface area contributed by atoms with Crippen LogP contribution in [-0.4, -0.2) is 22.8 Å². The molecular weight excluding hydrogens is 394 g/mol. The van der Waals surface area contributed by atoms with Gasteiger partial charge >= 0.3 is 0 Å². The molecule has 2 amide bonds. The van der Waals surface area contributed by atoms with Crippen molar-refractivity contribution in [3.8, 4) is 0 Å². The van der Waals surface area contributed by atoms with Crippen molar-refractivity contribution in [1.82, 2.24) is 5.43 Å². The zero-order valence-electron chi connectivity index (χ0n) is 16.8. The lowest BCUT2D eigenvalue weighted by atomic mass is 10.1. The summed E-state index contributed by atoms with van der Waals surface area (Å²) in [6, 6.07) is 26.2. The molecule has 1 atom stereocenters. The molecule has 0 aliphatic rings. The van der Waals surface area contributed by atoms with Crippen molar-refractivity contribution in [2.75, 3.05) is 5.32 Å². The molecule has 3 rings (SSSR count). The van der Waals surface area contributed by atoms with Crippen molar-refractivity contribution < 1.29 is 9.59 Å². The molecule has 2 N–H and O–H groups in total. The lowest BCUT2D eigenvalue weighted by Gasteiger charge is -2.10. The topological polar surface area (TPSA) is 70.6 Å². The van der Waals surface area contributed by atoms with E-state index in [9.17, 15) is 9.59 Å². The number of thioether (sulfide) groups is 1. The molecule has 30 heavy (non-hydrogen) atoms. The van der Waals surface area contributed by atoms with E-state index in [2.05, 4.69) is 15.8 Å². The Labute approximate surface area is 180 Å². The zero-order chi connectivity index (χ0) is 21.3. The van der Waals surface area contributed by atoms with E-state index in [1.54, 1.807) is 12.1 Å². The summed E-state index contributed by atoms with van der Waals surface area (Å²) in [6.07, 6.45) is 0. The van der Waals surface area contributed by atoms with Gasteiger partial charge < -0.3 is 5.32 Å². The Kier molecular flexibility index (Phi) is 7.40. The highest BCUT2D eigenvalue weighted by Crippen LogP contribution is 2.22. The van der Waals surface area contributed by atoms with Crippen molar-refractivity contribution in [3.05, 3.63) is 96.1 Å². The van der Waals surface area contributed by atoms with Crippen LogP contribution in [0.4, 0.5) is 5.69 Å². The number of rotatable bonds is 7. The standard InChI is InChI=1S/C24H23N3O2S/c1-17(26-27-23(28)18(2)30-22-11-7-4-8-12-22)19-13-15-21(16-14-19)25-24(29)20-9-5-3-6-10-20/h3-16,18H,1-2H3,(H,25,29)(H,27,28)/t18-/m0/s1. The van der Waals surface area contributed by atoms with E-state index in [1.165, 1.54) is 11.8 Å². The normalized spacial score (nSPS) is 12.1. The van der Waals surface area contributed by atoms with Crippen LogP contribution in [0.5, 0.6) is 0 Å². The van der Waals surface area contributed by atoms with Gasteiger partial charge in [-0.3, -0.25) is 9.59 Å². The van der Waals surface area contributed by atoms with Crippen molar-refractivity contribution in [3.63, 3.8) is 0 Å². The SMILES string of the molecule is CC(=NNC(=O)[C@H](C)Sc1ccccc1)c1ccc(NC(=O)c2ccccc2)cc1. The molecule has 0 aliphatic carbocycles. The van der Waals surface area contributed by atoms with Gasteiger partial charge in [-0.2, -0.15) is 5.10 Å².